The lowest BCUT2D eigenvalue weighted by atomic mass is 9.99. The van der Waals surface area contributed by atoms with Gasteiger partial charge in [-0.1, -0.05) is 38.6 Å². The van der Waals surface area contributed by atoms with Gasteiger partial charge in [-0.05, 0) is 48.7 Å². The van der Waals surface area contributed by atoms with Gasteiger partial charge in [-0.2, -0.15) is 4.98 Å². The molecule has 0 spiro atoms. The molecule has 10 nitrogen and oxygen atoms in total. The van der Waals surface area contributed by atoms with Gasteiger partial charge in [0.05, 0.1) is 28.0 Å². The minimum atomic E-state index is -0.838. The molecule has 0 unspecified atom stereocenters. The van der Waals surface area contributed by atoms with Crippen molar-refractivity contribution in [1.29, 1.82) is 0 Å². The van der Waals surface area contributed by atoms with E-state index in [4.69, 9.17) is 4.98 Å². The Hall–Kier alpha value is -5.13. The normalized spacial score (nSPS) is 16.9. The van der Waals surface area contributed by atoms with Gasteiger partial charge in [-0.15, -0.1) is 0 Å². The Morgan fingerprint density at radius 2 is 1.72 bits per heavy atom. The van der Waals surface area contributed by atoms with Crippen molar-refractivity contribution >= 4 is 40.0 Å². The number of halogens is 2. The van der Waals surface area contributed by atoms with Crippen LogP contribution in [0.5, 0.6) is 0 Å². The standard InChI is InChI=1S/C35H37F2N7O3/c1-7-28(45)42-16-17-43(21(4)19-42)33-23-18-25(37)31-30-24(36)11-9-12-26(30)41(6)29(46)14-15-40(5)27-13-8-10-22(20(2)3)32(27)44(34(23)38-31)35(47)39-33/h7-13,18,20-21H,1,14-17,19H2,2-6H3/t21-/m0/s1. The topological polar surface area (TPSA) is 94.9 Å². The Morgan fingerprint density at radius 3 is 2.43 bits per heavy atom. The fraction of sp³-hybridized carbons (Fsp3) is 0.343. The molecule has 4 heterocycles. The fourth-order valence-electron chi connectivity index (χ4n) is 6.58. The minimum Gasteiger partial charge on any atom is -0.372 e. The van der Waals surface area contributed by atoms with Crippen LogP contribution in [0.4, 0.5) is 26.0 Å². The molecule has 0 aliphatic carbocycles. The Bertz CT molecular complexity index is 1990. The van der Waals surface area contributed by atoms with Crippen LogP contribution >= 0.6 is 0 Å². The van der Waals surface area contributed by atoms with E-state index in [0.29, 0.717) is 31.0 Å². The molecule has 47 heavy (non-hydrogen) atoms. The lowest BCUT2D eigenvalue weighted by Gasteiger charge is -2.40. The van der Waals surface area contributed by atoms with E-state index in [2.05, 4.69) is 11.6 Å². The third-order valence-corrected chi connectivity index (χ3v) is 9.12. The number of pyridine rings is 1. The van der Waals surface area contributed by atoms with Crippen LogP contribution in [-0.2, 0) is 9.59 Å². The Kier molecular flexibility index (Phi) is 8.29. The second-order valence-corrected chi connectivity index (χ2v) is 12.4. The molecule has 2 amide bonds. The van der Waals surface area contributed by atoms with Crippen molar-refractivity contribution in [3.8, 4) is 16.9 Å². The maximum Gasteiger partial charge on any atom is 0.355 e. The second-order valence-electron chi connectivity index (χ2n) is 12.4. The van der Waals surface area contributed by atoms with E-state index in [-0.39, 0.29) is 70.5 Å². The first-order valence-electron chi connectivity index (χ1n) is 15.6. The van der Waals surface area contributed by atoms with Gasteiger partial charge in [0.25, 0.3) is 0 Å². The predicted octanol–water partition coefficient (Wildman–Crippen LogP) is 4.88. The zero-order valence-corrected chi connectivity index (χ0v) is 27.1. The van der Waals surface area contributed by atoms with E-state index < -0.39 is 17.3 Å². The van der Waals surface area contributed by atoms with Crippen LogP contribution < -0.4 is 20.4 Å². The first kappa shape index (κ1) is 31.8. The highest BCUT2D eigenvalue weighted by molar-refractivity contribution is 5.99. The van der Waals surface area contributed by atoms with Crippen molar-refractivity contribution in [2.24, 2.45) is 0 Å². The van der Waals surface area contributed by atoms with Gasteiger partial charge < -0.3 is 19.6 Å². The van der Waals surface area contributed by atoms with Crippen molar-refractivity contribution in [2.45, 2.75) is 39.2 Å². The first-order chi connectivity index (χ1) is 22.4. The number of carbonyl (C=O) groups excluding carboxylic acids is 2. The SMILES string of the molecule is C=CC(=O)N1CCN(c2nc(=O)n3c4nc(c(F)cc24)-c2c(F)cccc2N(C)C(=O)CCN(C)c2cccc(C(C)C)c2-3)[C@@H](C)C1. The number of rotatable bonds is 3. The summed E-state index contributed by atoms with van der Waals surface area (Å²) >= 11 is 0. The van der Waals surface area contributed by atoms with Gasteiger partial charge in [-0.3, -0.25) is 9.59 Å². The highest BCUT2D eigenvalue weighted by atomic mass is 19.1. The lowest BCUT2D eigenvalue weighted by molar-refractivity contribution is -0.126. The highest BCUT2D eigenvalue weighted by Crippen LogP contribution is 2.39. The van der Waals surface area contributed by atoms with Crippen molar-refractivity contribution < 1.29 is 18.4 Å². The van der Waals surface area contributed by atoms with E-state index in [9.17, 15) is 14.4 Å². The third-order valence-electron chi connectivity index (χ3n) is 9.12. The highest BCUT2D eigenvalue weighted by Gasteiger charge is 2.32. The third kappa shape index (κ3) is 5.41. The van der Waals surface area contributed by atoms with Crippen molar-refractivity contribution in [3.05, 3.63) is 82.8 Å². The lowest BCUT2D eigenvalue weighted by Crippen LogP contribution is -2.54. The molecule has 1 saturated heterocycles. The summed E-state index contributed by atoms with van der Waals surface area (Å²) < 4.78 is 33.6. The monoisotopic (exact) mass is 641 g/mol. The van der Waals surface area contributed by atoms with Crippen LogP contribution in [0.3, 0.4) is 0 Å². The molecule has 2 aromatic carbocycles. The van der Waals surface area contributed by atoms with Gasteiger partial charge in [0.15, 0.2) is 11.5 Å². The summed E-state index contributed by atoms with van der Waals surface area (Å²) in [7, 11) is 3.36. The number of para-hydroxylation sites is 1. The molecular weight excluding hydrogens is 604 g/mol. The van der Waals surface area contributed by atoms with Crippen LogP contribution in [0, 0.1) is 11.6 Å². The summed E-state index contributed by atoms with van der Waals surface area (Å²) in [5.74, 6) is -1.92. The fourth-order valence-corrected chi connectivity index (χ4v) is 6.58. The molecule has 6 rings (SSSR count). The molecule has 1 fully saturated rings. The summed E-state index contributed by atoms with van der Waals surface area (Å²) in [6, 6.07) is 10.8. The molecule has 4 aromatic rings. The first-order valence-corrected chi connectivity index (χ1v) is 15.6. The number of fused-ring (bicyclic) bond motifs is 5. The number of anilines is 3. The zero-order chi connectivity index (χ0) is 33.7. The zero-order valence-electron chi connectivity index (χ0n) is 27.1. The van der Waals surface area contributed by atoms with Crippen LogP contribution in [-0.4, -0.2) is 77.6 Å². The summed E-state index contributed by atoms with van der Waals surface area (Å²) in [4.78, 5) is 56.2. The summed E-state index contributed by atoms with van der Waals surface area (Å²) in [6.45, 7) is 10.8. The summed E-state index contributed by atoms with van der Waals surface area (Å²) in [5, 5.41) is 0.255. The number of hydrogen-bond donors (Lipinski definition) is 0. The van der Waals surface area contributed by atoms with E-state index in [1.54, 1.807) is 11.0 Å². The van der Waals surface area contributed by atoms with Crippen LogP contribution in [0.15, 0.2) is 59.9 Å². The summed E-state index contributed by atoms with van der Waals surface area (Å²) in [5.41, 5.74) is 1.07. The van der Waals surface area contributed by atoms with Crippen LogP contribution in [0.1, 0.15) is 38.7 Å². The molecule has 0 radical (unpaired) electrons. The van der Waals surface area contributed by atoms with E-state index in [0.717, 1.165) is 5.56 Å². The molecular formula is C35H37F2N7O3. The number of carbonyl (C=O) groups is 2. The smallest absolute Gasteiger partial charge is 0.355 e. The van der Waals surface area contributed by atoms with Crippen LogP contribution in [0.2, 0.25) is 0 Å². The average molecular weight is 642 g/mol. The Balaban J connectivity index is 1.73. The number of amides is 2. The van der Waals surface area contributed by atoms with E-state index in [1.807, 2.05) is 55.8 Å². The van der Waals surface area contributed by atoms with Crippen molar-refractivity contribution in [1.82, 2.24) is 19.4 Å². The number of hydrogen-bond acceptors (Lipinski definition) is 7. The maximum atomic E-state index is 16.4. The molecule has 2 aliphatic rings. The molecule has 2 bridgehead atoms. The van der Waals surface area contributed by atoms with Gasteiger partial charge in [0.2, 0.25) is 11.8 Å². The minimum absolute atomic E-state index is 0.0444. The van der Waals surface area contributed by atoms with Crippen LogP contribution in [0.25, 0.3) is 28.0 Å². The number of benzene rings is 2. The van der Waals surface area contributed by atoms with Crippen molar-refractivity contribution in [2.75, 3.05) is 55.0 Å². The molecule has 2 aromatic heterocycles. The molecule has 0 N–H and O–H groups in total. The number of piperazine rings is 1. The molecule has 2 aliphatic heterocycles. The number of aromatic nitrogens is 3. The van der Waals surface area contributed by atoms with Gasteiger partial charge in [0, 0.05) is 52.7 Å². The van der Waals surface area contributed by atoms with Gasteiger partial charge in [0.1, 0.15) is 17.3 Å². The van der Waals surface area contributed by atoms with E-state index >= 15 is 8.78 Å². The largest absolute Gasteiger partial charge is 0.372 e. The number of nitrogens with zero attached hydrogens (tertiary/aromatic N) is 7. The average Bonchev–Trinajstić information content (AvgIpc) is 3.05. The van der Waals surface area contributed by atoms with Gasteiger partial charge in [-0.25, -0.2) is 23.1 Å². The Morgan fingerprint density at radius 1 is 1.00 bits per heavy atom. The quantitative estimate of drug-likeness (QED) is 0.295. The molecule has 12 heteroatoms. The Labute approximate surface area is 271 Å². The van der Waals surface area contributed by atoms with E-state index in [1.165, 1.54) is 40.8 Å². The molecule has 1 atom stereocenters. The molecule has 244 valence electrons. The predicted molar refractivity (Wildman–Crippen MR) is 179 cm³/mol. The van der Waals surface area contributed by atoms with Gasteiger partial charge >= 0.3 is 5.69 Å². The maximum absolute atomic E-state index is 16.4. The second kappa shape index (κ2) is 12.2. The molecule has 0 saturated carbocycles. The van der Waals surface area contributed by atoms with Crippen molar-refractivity contribution in [3.63, 3.8) is 0 Å². The summed E-state index contributed by atoms with van der Waals surface area (Å²) in [6.07, 6.45) is 1.33.